The molecule has 0 spiro atoms. The van der Waals surface area contributed by atoms with Gasteiger partial charge in [-0.25, -0.2) is 0 Å². The fourth-order valence-corrected chi connectivity index (χ4v) is 5.39. The molecule has 0 aromatic heterocycles. The van der Waals surface area contributed by atoms with Crippen LogP contribution in [-0.4, -0.2) is 18.5 Å². The van der Waals surface area contributed by atoms with Gasteiger partial charge in [0.05, 0.1) is 12.2 Å². The minimum absolute atomic E-state index is 0.0629. The number of rotatable bonds is 5. The first-order chi connectivity index (χ1) is 9.40. The van der Waals surface area contributed by atoms with Crippen LogP contribution in [0.4, 0.5) is 0 Å². The van der Waals surface area contributed by atoms with Crippen molar-refractivity contribution in [3.63, 3.8) is 0 Å². The second-order valence-corrected chi connectivity index (χ2v) is 8.26. The Kier molecular flexibility index (Phi) is 3.70. The van der Waals surface area contributed by atoms with E-state index in [0.29, 0.717) is 23.0 Å². The Balaban J connectivity index is 1.62. The van der Waals surface area contributed by atoms with Crippen molar-refractivity contribution in [1.82, 2.24) is 0 Å². The summed E-state index contributed by atoms with van der Waals surface area (Å²) in [5.41, 5.74) is 0.814. The minimum Gasteiger partial charge on any atom is -0.350 e. The van der Waals surface area contributed by atoms with Crippen molar-refractivity contribution < 1.29 is 9.47 Å². The molecule has 0 aromatic carbocycles. The zero-order valence-corrected chi connectivity index (χ0v) is 13.9. The number of fused-ring (bicyclic) bond motifs is 5. The zero-order chi connectivity index (χ0) is 14.5. The summed E-state index contributed by atoms with van der Waals surface area (Å²) in [6, 6.07) is 0. The second-order valence-electron chi connectivity index (χ2n) is 8.26. The van der Waals surface area contributed by atoms with Crippen molar-refractivity contribution in [1.29, 1.82) is 0 Å². The molecule has 0 N–H and O–H groups in total. The standard InChI is InChI=1S/C18H32O2/c1-6-7-8-12(2)19-15-11-13-14-9-10-18(5,16(13)20-15)17(14,3)4/h12-16H,6-11H2,1-5H3/t12-,13-,14+,15-,16-,18-/m0/s1. The highest BCUT2D eigenvalue weighted by atomic mass is 16.7. The van der Waals surface area contributed by atoms with Crippen LogP contribution in [0, 0.1) is 22.7 Å². The molecule has 2 heteroatoms. The first-order valence-corrected chi connectivity index (χ1v) is 8.71. The molecule has 3 fully saturated rings. The molecule has 20 heavy (non-hydrogen) atoms. The van der Waals surface area contributed by atoms with Gasteiger partial charge in [0.1, 0.15) is 0 Å². The smallest absolute Gasteiger partial charge is 0.158 e. The summed E-state index contributed by atoms with van der Waals surface area (Å²) >= 11 is 0. The van der Waals surface area contributed by atoms with Crippen molar-refractivity contribution in [2.75, 3.05) is 0 Å². The Morgan fingerprint density at radius 3 is 2.70 bits per heavy atom. The van der Waals surface area contributed by atoms with E-state index in [4.69, 9.17) is 9.47 Å². The summed E-state index contributed by atoms with van der Waals surface area (Å²) in [6.45, 7) is 11.8. The van der Waals surface area contributed by atoms with Gasteiger partial charge in [0.25, 0.3) is 0 Å². The lowest BCUT2D eigenvalue weighted by Crippen LogP contribution is -2.38. The van der Waals surface area contributed by atoms with Crippen LogP contribution in [0.5, 0.6) is 0 Å². The largest absolute Gasteiger partial charge is 0.350 e. The molecule has 1 heterocycles. The number of hydrogen-bond acceptors (Lipinski definition) is 2. The maximum atomic E-state index is 6.39. The molecule has 2 nitrogen and oxygen atoms in total. The van der Waals surface area contributed by atoms with Gasteiger partial charge in [-0.3, -0.25) is 0 Å². The molecular formula is C18H32O2. The molecule has 6 atom stereocenters. The lowest BCUT2D eigenvalue weighted by Gasteiger charge is -2.38. The van der Waals surface area contributed by atoms with E-state index >= 15 is 0 Å². The molecular weight excluding hydrogens is 248 g/mol. The van der Waals surface area contributed by atoms with Crippen LogP contribution in [-0.2, 0) is 9.47 Å². The number of ether oxygens (including phenoxy) is 2. The first-order valence-electron chi connectivity index (χ1n) is 8.71. The van der Waals surface area contributed by atoms with Crippen LogP contribution < -0.4 is 0 Å². The number of hydrogen-bond donors (Lipinski definition) is 0. The van der Waals surface area contributed by atoms with Crippen molar-refractivity contribution in [2.24, 2.45) is 22.7 Å². The van der Waals surface area contributed by atoms with E-state index in [2.05, 4.69) is 34.6 Å². The first kappa shape index (κ1) is 14.8. The predicted molar refractivity (Wildman–Crippen MR) is 81.5 cm³/mol. The fourth-order valence-electron chi connectivity index (χ4n) is 5.39. The third-order valence-electron chi connectivity index (χ3n) is 7.02. The van der Waals surface area contributed by atoms with Crippen molar-refractivity contribution in [3.05, 3.63) is 0 Å². The summed E-state index contributed by atoms with van der Waals surface area (Å²) in [6.07, 6.45) is 8.39. The van der Waals surface area contributed by atoms with Crippen LogP contribution in [0.3, 0.4) is 0 Å². The van der Waals surface area contributed by atoms with Crippen molar-refractivity contribution in [2.45, 2.75) is 91.6 Å². The lowest BCUT2D eigenvalue weighted by molar-refractivity contribution is -0.183. The molecule has 1 aliphatic heterocycles. The van der Waals surface area contributed by atoms with Crippen LogP contribution in [0.1, 0.15) is 73.1 Å². The third-order valence-corrected chi connectivity index (χ3v) is 7.02. The SMILES string of the molecule is CCCC[C@H](C)O[C@@H]1C[C@H]2[C@H]3CC[C@@](C)([C@H]2O1)C3(C)C. The van der Waals surface area contributed by atoms with Crippen LogP contribution in [0.2, 0.25) is 0 Å². The van der Waals surface area contributed by atoms with E-state index < -0.39 is 0 Å². The molecule has 0 amide bonds. The quantitative estimate of drug-likeness (QED) is 0.722. The Bertz CT molecular complexity index is 364. The monoisotopic (exact) mass is 280 g/mol. The Morgan fingerprint density at radius 2 is 2.05 bits per heavy atom. The molecule has 1 saturated heterocycles. The normalized spacial score (nSPS) is 46.6. The average molecular weight is 280 g/mol. The van der Waals surface area contributed by atoms with Crippen molar-refractivity contribution >= 4 is 0 Å². The maximum absolute atomic E-state index is 6.39. The molecule has 0 aromatic rings. The molecule has 0 unspecified atom stereocenters. The van der Waals surface area contributed by atoms with E-state index in [1.807, 2.05) is 0 Å². The molecule has 2 aliphatic carbocycles. The predicted octanol–water partition coefficient (Wildman–Crippen LogP) is 4.77. The average Bonchev–Trinajstić information content (AvgIpc) is 2.93. The van der Waals surface area contributed by atoms with Gasteiger partial charge in [-0.05, 0) is 48.9 Å². The molecule has 2 bridgehead atoms. The van der Waals surface area contributed by atoms with Gasteiger partial charge in [-0.1, -0.05) is 40.5 Å². The zero-order valence-electron chi connectivity index (χ0n) is 13.9. The van der Waals surface area contributed by atoms with Crippen LogP contribution >= 0.6 is 0 Å². The van der Waals surface area contributed by atoms with E-state index in [9.17, 15) is 0 Å². The van der Waals surface area contributed by atoms with Crippen LogP contribution in [0.25, 0.3) is 0 Å². The van der Waals surface area contributed by atoms with E-state index in [0.717, 1.165) is 24.7 Å². The highest BCUT2D eigenvalue weighted by Gasteiger charge is 2.69. The van der Waals surface area contributed by atoms with Gasteiger partial charge in [0, 0.05) is 6.42 Å². The Hall–Kier alpha value is -0.0800. The molecule has 3 rings (SSSR count). The number of unbranched alkanes of at least 4 members (excludes halogenated alkanes) is 1. The van der Waals surface area contributed by atoms with Gasteiger partial charge < -0.3 is 9.47 Å². The Morgan fingerprint density at radius 1 is 1.30 bits per heavy atom. The van der Waals surface area contributed by atoms with Gasteiger partial charge in [0.2, 0.25) is 0 Å². The lowest BCUT2D eigenvalue weighted by atomic mass is 9.70. The Labute approximate surface area is 124 Å². The van der Waals surface area contributed by atoms with Crippen LogP contribution in [0.15, 0.2) is 0 Å². The van der Waals surface area contributed by atoms with Gasteiger partial charge in [0.15, 0.2) is 6.29 Å². The van der Waals surface area contributed by atoms with Gasteiger partial charge >= 0.3 is 0 Å². The highest BCUT2D eigenvalue weighted by Crippen LogP contribution is 2.71. The summed E-state index contributed by atoms with van der Waals surface area (Å²) in [4.78, 5) is 0. The van der Waals surface area contributed by atoms with E-state index in [1.165, 1.54) is 25.7 Å². The molecule has 116 valence electrons. The summed E-state index contributed by atoms with van der Waals surface area (Å²) < 4.78 is 12.6. The molecule has 0 radical (unpaired) electrons. The highest BCUT2D eigenvalue weighted by molar-refractivity contribution is 5.16. The van der Waals surface area contributed by atoms with E-state index in [-0.39, 0.29) is 6.29 Å². The third kappa shape index (κ3) is 1.98. The summed E-state index contributed by atoms with van der Waals surface area (Å²) in [5, 5.41) is 0. The maximum Gasteiger partial charge on any atom is 0.158 e. The van der Waals surface area contributed by atoms with Gasteiger partial charge in [-0.2, -0.15) is 0 Å². The van der Waals surface area contributed by atoms with Crippen molar-refractivity contribution in [3.8, 4) is 0 Å². The fraction of sp³-hybridized carbons (Fsp3) is 1.00. The summed E-state index contributed by atoms with van der Waals surface area (Å²) in [7, 11) is 0. The summed E-state index contributed by atoms with van der Waals surface area (Å²) in [5.74, 6) is 1.59. The topological polar surface area (TPSA) is 18.5 Å². The second kappa shape index (κ2) is 4.98. The minimum atomic E-state index is 0.0629. The molecule has 2 saturated carbocycles. The van der Waals surface area contributed by atoms with Gasteiger partial charge in [-0.15, -0.1) is 0 Å². The van der Waals surface area contributed by atoms with E-state index in [1.54, 1.807) is 0 Å². The molecule has 3 aliphatic rings.